The number of hydrogen-bond acceptors (Lipinski definition) is 3. The van der Waals surface area contributed by atoms with Gasteiger partial charge in [-0.25, -0.2) is 0 Å². The molecule has 3 N–H and O–H groups in total. The van der Waals surface area contributed by atoms with Gasteiger partial charge in [-0.1, -0.05) is 19.8 Å². The van der Waals surface area contributed by atoms with E-state index in [2.05, 4.69) is 17.6 Å². The van der Waals surface area contributed by atoms with E-state index >= 15 is 0 Å². The third kappa shape index (κ3) is 4.41. The first-order valence-electron chi connectivity index (χ1n) is 6.84. The molecule has 2 unspecified atom stereocenters. The Hall–Kier alpha value is -0.320. The third-order valence-corrected chi connectivity index (χ3v) is 4.12. The lowest BCUT2D eigenvalue weighted by Crippen LogP contribution is -2.42. The summed E-state index contributed by atoms with van der Waals surface area (Å²) in [6.45, 7) is 3.65. The van der Waals surface area contributed by atoms with Crippen LogP contribution in [-0.2, 0) is 4.79 Å². The average molecular weight is 277 g/mol. The number of nitrogens with one attached hydrogen (secondary N) is 2. The van der Waals surface area contributed by atoms with Crippen LogP contribution in [0.5, 0.6) is 0 Å². The molecule has 2 fully saturated rings. The van der Waals surface area contributed by atoms with Crippen LogP contribution < -0.4 is 10.6 Å². The first kappa shape index (κ1) is 15.7. The Morgan fingerprint density at radius 2 is 2.00 bits per heavy atom. The van der Waals surface area contributed by atoms with Gasteiger partial charge in [0.05, 0.1) is 12.1 Å². The van der Waals surface area contributed by atoms with Crippen molar-refractivity contribution in [3.05, 3.63) is 0 Å². The minimum atomic E-state index is -0.360. The van der Waals surface area contributed by atoms with E-state index in [4.69, 9.17) is 0 Å². The molecule has 0 bridgehead atoms. The quantitative estimate of drug-likeness (QED) is 0.723. The van der Waals surface area contributed by atoms with Gasteiger partial charge in [0.15, 0.2) is 0 Å². The minimum Gasteiger partial charge on any atom is -0.392 e. The van der Waals surface area contributed by atoms with Crippen LogP contribution in [0.1, 0.15) is 39.0 Å². The topological polar surface area (TPSA) is 61.4 Å². The van der Waals surface area contributed by atoms with Gasteiger partial charge < -0.3 is 15.7 Å². The number of aliphatic hydroxyl groups is 1. The molecule has 0 radical (unpaired) electrons. The molecule has 1 aliphatic carbocycles. The maximum atomic E-state index is 11.8. The van der Waals surface area contributed by atoms with E-state index in [9.17, 15) is 9.90 Å². The number of aliphatic hydroxyl groups excluding tert-OH is 1. The van der Waals surface area contributed by atoms with Gasteiger partial charge in [-0.2, -0.15) is 0 Å². The number of rotatable bonds is 3. The summed E-state index contributed by atoms with van der Waals surface area (Å²) in [7, 11) is 0. The van der Waals surface area contributed by atoms with Crippen molar-refractivity contribution < 1.29 is 9.90 Å². The van der Waals surface area contributed by atoms with Gasteiger partial charge in [0.25, 0.3) is 0 Å². The molecule has 0 spiro atoms. The standard InChI is InChI=1S/C13H24N2O2.ClH/c1-9-2-4-10(5-3-9)7-15-13(17)12-6-11(16)8-14-12;/h9-12,14,16H,2-8H2,1H3,(H,15,17);1H. The molecule has 2 aliphatic rings. The molecule has 106 valence electrons. The fraction of sp³-hybridized carbons (Fsp3) is 0.923. The first-order chi connectivity index (χ1) is 8.15. The summed E-state index contributed by atoms with van der Waals surface area (Å²) in [5, 5.41) is 15.4. The summed E-state index contributed by atoms with van der Waals surface area (Å²) >= 11 is 0. The molecule has 2 rings (SSSR count). The Morgan fingerprint density at radius 1 is 1.33 bits per heavy atom. The van der Waals surface area contributed by atoms with E-state index in [-0.39, 0.29) is 30.5 Å². The van der Waals surface area contributed by atoms with Crippen molar-refractivity contribution in [3.8, 4) is 0 Å². The lowest BCUT2D eigenvalue weighted by molar-refractivity contribution is -0.123. The van der Waals surface area contributed by atoms with Crippen LogP contribution in [0.4, 0.5) is 0 Å². The van der Waals surface area contributed by atoms with Crippen molar-refractivity contribution in [3.63, 3.8) is 0 Å². The van der Waals surface area contributed by atoms with Crippen molar-refractivity contribution in [1.82, 2.24) is 10.6 Å². The number of carbonyl (C=O) groups is 1. The molecule has 0 aromatic rings. The van der Waals surface area contributed by atoms with Gasteiger partial charge in [-0.3, -0.25) is 4.79 Å². The van der Waals surface area contributed by atoms with Crippen molar-refractivity contribution in [2.45, 2.75) is 51.2 Å². The number of hydrogen-bond donors (Lipinski definition) is 3. The van der Waals surface area contributed by atoms with Gasteiger partial charge in [-0.05, 0) is 31.1 Å². The van der Waals surface area contributed by atoms with Crippen molar-refractivity contribution >= 4 is 18.3 Å². The highest BCUT2D eigenvalue weighted by molar-refractivity contribution is 5.85. The molecule has 1 amide bonds. The van der Waals surface area contributed by atoms with Gasteiger partial charge >= 0.3 is 0 Å². The molecule has 18 heavy (non-hydrogen) atoms. The molecule has 1 saturated carbocycles. The number of halogens is 1. The zero-order valence-corrected chi connectivity index (χ0v) is 11.8. The van der Waals surface area contributed by atoms with Crippen LogP contribution in [0, 0.1) is 11.8 Å². The maximum Gasteiger partial charge on any atom is 0.237 e. The van der Waals surface area contributed by atoms with Crippen LogP contribution in [0.2, 0.25) is 0 Å². The predicted octanol–water partition coefficient (Wildman–Crippen LogP) is 1.07. The highest BCUT2D eigenvalue weighted by atomic mass is 35.5. The molecule has 4 nitrogen and oxygen atoms in total. The zero-order valence-electron chi connectivity index (χ0n) is 11.0. The monoisotopic (exact) mass is 276 g/mol. The summed E-state index contributed by atoms with van der Waals surface area (Å²) in [6.07, 6.45) is 5.25. The first-order valence-corrected chi connectivity index (χ1v) is 6.84. The fourth-order valence-corrected chi connectivity index (χ4v) is 2.82. The Morgan fingerprint density at radius 3 is 2.56 bits per heavy atom. The molecular formula is C13H25ClN2O2. The van der Waals surface area contributed by atoms with E-state index in [1.54, 1.807) is 0 Å². The van der Waals surface area contributed by atoms with Gasteiger partial charge in [0.2, 0.25) is 5.91 Å². The lowest BCUT2D eigenvalue weighted by atomic mass is 9.83. The second kappa shape index (κ2) is 7.31. The van der Waals surface area contributed by atoms with E-state index in [1.165, 1.54) is 25.7 Å². The lowest BCUT2D eigenvalue weighted by Gasteiger charge is -2.26. The highest BCUT2D eigenvalue weighted by Crippen LogP contribution is 2.27. The van der Waals surface area contributed by atoms with Gasteiger partial charge in [-0.15, -0.1) is 12.4 Å². The normalized spacial score (nSPS) is 35.9. The SMILES string of the molecule is CC1CCC(CNC(=O)C2CC(O)CN2)CC1.Cl. The second-order valence-corrected chi connectivity index (χ2v) is 5.72. The smallest absolute Gasteiger partial charge is 0.237 e. The Bertz CT molecular complexity index is 268. The number of β-amino-alcohol motifs (C(OH)–C–C–N with tert-alkyl or cyclic N) is 1. The molecule has 1 heterocycles. The second-order valence-electron chi connectivity index (χ2n) is 5.72. The van der Waals surface area contributed by atoms with Crippen molar-refractivity contribution in [2.24, 2.45) is 11.8 Å². The fourth-order valence-electron chi connectivity index (χ4n) is 2.82. The van der Waals surface area contributed by atoms with Gasteiger partial charge in [0.1, 0.15) is 0 Å². The number of amides is 1. The van der Waals surface area contributed by atoms with Gasteiger partial charge in [0, 0.05) is 13.1 Å². The summed E-state index contributed by atoms with van der Waals surface area (Å²) in [4.78, 5) is 11.8. The third-order valence-electron chi connectivity index (χ3n) is 4.12. The molecule has 1 aliphatic heterocycles. The van der Waals surface area contributed by atoms with E-state index in [1.807, 2.05) is 0 Å². The van der Waals surface area contributed by atoms with Crippen LogP contribution in [0.25, 0.3) is 0 Å². The zero-order chi connectivity index (χ0) is 12.3. The summed E-state index contributed by atoms with van der Waals surface area (Å²) in [5.74, 6) is 1.57. The summed E-state index contributed by atoms with van der Waals surface area (Å²) in [6, 6.07) is -0.187. The minimum absolute atomic E-state index is 0. The summed E-state index contributed by atoms with van der Waals surface area (Å²) < 4.78 is 0. The van der Waals surface area contributed by atoms with Crippen molar-refractivity contribution in [1.29, 1.82) is 0 Å². The molecule has 0 aromatic heterocycles. The molecule has 2 atom stereocenters. The van der Waals surface area contributed by atoms with E-state index in [0.29, 0.717) is 18.9 Å². The molecule has 5 heteroatoms. The van der Waals surface area contributed by atoms with Crippen molar-refractivity contribution in [2.75, 3.05) is 13.1 Å². The summed E-state index contributed by atoms with van der Waals surface area (Å²) in [5.41, 5.74) is 0. The molecular weight excluding hydrogens is 252 g/mol. The predicted molar refractivity (Wildman–Crippen MR) is 73.8 cm³/mol. The Balaban J connectivity index is 0.00000162. The average Bonchev–Trinajstić information content (AvgIpc) is 2.75. The van der Waals surface area contributed by atoms with Crippen LogP contribution >= 0.6 is 12.4 Å². The molecule has 0 aromatic carbocycles. The Labute approximate surface area is 115 Å². The number of carbonyl (C=O) groups excluding carboxylic acids is 1. The van der Waals surface area contributed by atoms with Crippen LogP contribution in [-0.4, -0.2) is 36.2 Å². The molecule has 1 saturated heterocycles. The Kier molecular flexibility index (Phi) is 6.39. The maximum absolute atomic E-state index is 11.8. The van der Waals surface area contributed by atoms with Crippen LogP contribution in [0.3, 0.4) is 0 Å². The van der Waals surface area contributed by atoms with Crippen LogP contribution in [0.15, 0.2) is 0 Å². The van der Waals surface area contributed by atoms with E-state index in [0.717, 1.165) is 12.5 Å². The highest BCUT2D eigenvalue weighted by Gasteiger charge is 2.28. The largest absolute Gasteiger partial charge is 0.392 e. The van der Waals surface area contributed by atoms with E-state index < -0.39 is 0 Å².